The standard InChI is InChI=1S/C16H13NO4/c1-21-13-8-3-2-7-12(13)17-9-10-5-4-6-11(16(19)20)14(10)15(17)18/h2-8H,9H2,1H3,(H,19,20)/p-1. The average Bonchev–Trinajstić information content (AvgIpc) is 2.84. The van der Waals surface area contributed by atoms with Gasteiger partial charge in [-0.25, -0.2) is 0 Å². The van der Waals surface area contributed by atoms with Crippen LogP contribution in [0.5, 0.6) is 5.75 Å². The molecule has 0 radical (unpaired) electrons. The lowest BCUT2D eigenvalue weighted by atomic mass is 10.0. The molecule has 0 saturated heterocycles. The molecule has 0 N–H and O–H groups in total. The van der Waals surface area contributed by atoms with Crippen molar-refractivity contribution >= 4 is 17.6 Å². The Morgan fingerprint density at radius 3 is 2.67 bits per heavy atom. The van der Waals surface area contributed by atoms with E-state index in [2.05, 4.69) is 0 Å². The summed E-state index contributed by atoms with van der Waals surface area (Å²) >= 11 is 0. The van der Waals surface area contributed by atoms with Gasteiger partial charge >= 0.3 is 0 Å². The minimum atomic E-state index is -1.35. The Labute approximate surface area is 121 Å². The van der Waals surface area contributed by atoms with Crippen molar-refractivity contribution in [2.75, 3.05) is 12.0 Å². The summed E-state index contributed by atoms with van der Waals surface area (Å²) in [4.78, 5) is 25.2. The zero-order valence-corrected chi connectivity index (χ0v) is 11.3. The predicted molar refractivity (Wildman–Crippen MR) is 74.3 cm³/mol. The van der Waals surface area contributed by atoms with Gasteiger partial charge in [-0.2, -0.15) is 0 Å². The third-order valence-electron chi connectivity index (χ3n) is 3.53. The topological polar surface area (TPSA) is 69.7 Å². The fourth-order valence-corrected chi connectivity index (χ4v) is 2.58. The molecule has 5 nitrogen and oxygen atoms in total. The molecule has 1 aliphatic rings. The quantitative estimate of drug-likeness (QED) is 0.848. The van der Waals surface area contributed by atoms with Gasteiger partial charge in [0.1, 0.15) is 5.75 Å². The maximum Gasteiger partial charge on any atom is 0.259 e. The number of hydrogen-bond donors (Lipinski definition) is 0. The van der Waals surface area contributed by atoms with Gasteiger partial charge in [-0.05, 0) is 17.7 Å². The molecule has 0 fully saturated rings. The second kappa shape index (κ2) is 4.94. The van der Waals surface area contributed by atoms with Crippen LogP contribution in [0.3, 0.4) is 0 Å². The summed E-state index contributed by atoms with van der Waals surface area (Å²) in [6.45, 7) is 0.315. The lowest BCUT2D eigenvalue weighted by molar-refractivity contribution is -0.255. The maximum atomic E-state index is 12.6. The molecule has 5 heteroatoms. The minimum Gasteiger partial charge on any atom is -0.545 e. The highest BCUT2D eigenvalue weighted by Gasteiger charge is 2.32. The van der Waals surface area contributed by atoms with Gasteiger partial charge in [0.25, 0.3) is 5.91 Å². The zero-order chi connectivity index (χ0) is 15.0. The lowest BCUT2D eigenvalue weighted by Gasteiger charge is -2.18. The first-order valence-electron chi connectivity index (χ1n) is 6.41. The van der Waals surface area contributed by atoms with Crippen molar-refractivity contribution in [1.29, 1.82) is 0 Å². The number of para-hydroxylation sites is 2. The maximum absolute atomic E-state index is 12.6. The molecule has 0 spiro atoms. The first-order chi connectivity index (χ1) is 10.1. The van der Waals surface area contributed by atoms with Crippen LogP contribution >= 0.6 is 0 Å². The highest BCUT2D eigenvalue weighted by atomic mass is 16.5. The van der Waals surface area contributed by atoms with E-state index in [-0.39, 0.29) is 17.0 Å². The van der Waals surface area contributed by atoms with Crippen molar-refractivity contribution < 1.29 is 19.4 Å². The summed E-state index contributed by atoms with van der Waals surface area (Å²) < 4.78 is 5.26. The van der Waals surface area contributed by atoms with Crippen LogP contribution in [0, 0.1) is 0 Å². The Hall–Kier alpha value is -2.82. The van der Waals surface area contributed by atoms with Crippen LogP contribution in [0.2, 0.25) is 0 Å². The number of carboxylic acids is 1. The molecule has 0 atom stereocenters. The Balaban J connectivity index is 2.09. The molecule has 106 valence electrons. The summed E-state index contributed by atoms with van der Waals surface area (Å²) in [6, 6.07) is 11.9. The number of fused-ring (bicyclic) bond motifs is 1. The summed E-state index contributed by atoms with van der Waals surface area (Å²) in [7, 11) is 1.53. The molecule has 3 rings (SSSR count). The Bertz CT molecular complexity index is 739. The number of carbonyl (C=O) groups excluding carboxylic acids is 2. The summed E-state index contributed by atoms with van der Waals surface area (Å²) in [5, 5.41) is 11.2. The third kappa shape index (κ3) is 2.03. The number of amides is 1. The van der Waals surface area contributed by atoms with Crippen LogP contribution in [0.4, 0.5) is 5.69 Å². The van der Waals surface area contributed by atoms with Crippen LogP contribution in [-0.2, 0) is 6.54 Å². The van der Waals surface area contributed by atoms with Gasteiger partial charge in [-0.15, -0.1) is 0 Å². The molecule has 0 unspecified atom stereocenters. The SMILES string of the molecule is COc1ccccc1N1Cc2cccc(C(=O)[O-])c2C1=O. The normalized spacial score (nSPS) is 13.2. The van der Waals surface area contributed by atoms with E-state index in [1.54, 1.807) is 30.3 Å². The van der Waals surface area contributed by atoms with Gasteiger partial charge in [0.2, 0.25) is 0 Å². The number of carboxylic acid groups (broad SMARTS) is 1. The van der Waals surface area contributed by atoms with Crippen LogP contribution < -0.4 is 14.7 Å². The van der Waals surface area contributed by atoms with Crippen LogP contribution in [0.15, 0.2) is 42.5 Å². The number of rotatable bonds is 3. The van der Waals surface area contributed by atoms with Gasteiger partial charge in [0.15, 0.2) is 0 Å². The van der Waals surface area contributed by atoms with Gasteiger partial charge in [0, 0.05) is 5.56 Å². The van der Waals surface area contributed by atoms with E-state index in [4.69, 9.17) is 4.74 Å². The van der Waals surface area contributed by atoms with E-state index >= 15 is 0 Å². The second-order valence-corrected chi connectivity index (χ2v) is 4.69. The first kappa shape index (κ1) is 13.2. The molecular formula is C16H12NO4-. The highest BCUT2D eigenvalue weighted by Crippen LogP contribution is 2.35. The summed E-state index contributed by atoms with van der Waals surface area (Å²) in [5.74, 6) is -1.13. The van der Waals surface area contributed by atoms with Crippen molar-refractivity contribution in [2.45, 2.75) is 6.54 Å². The Morgan fingerprint density at radius 2 is 1.95 bits per heavy atom. The van der Waals surface area contributed by atoms with Crippen molar-refractivity contribution in [2.24, 2.45) is 0 Å². The molecule has 0 saturated carbocycles. The Kier molecular flexibility index (Phi) is 3.10. The predicted octanol–water partition coefficient (Wildman–Crippen LogP) is 1.22. The average molecular weight is 282 g/mol. The van der Waals surface area contributed by atoms with E-state index in [0.717, 1.165) is 0 Å². The third-order valence-corrected chi connectivity index (χ3v) is 3.53. The zero-order valence-electron chi connectivity index (χ0n) is 11.3. The van der Waals surface area contributed by atoms with Crippen LogP contribution in [-0.4, -0.2) is 19.0 Å². The van der Waals surface area contributed by atoms with Crippen molar-refractivity contribution in [3.05, 3.63) is 59.2 Å². The monoisotopic (exact) mass is 282 g/mol. The van der Waals surface area contributed by atoms with Gasteiger partial charge in [0.05, 0.1) is 30.9 Å². The smallest absolute Gasteiger partial charge is 0.259 e. The number of anilines is 1. The molecule has 2 aromatic rings. The van der Waals surface area contributed by atoms with Crippen molar-refractivity contribution in [3.63, 3.8) is 0 Å². The van der Waals surface area contributed by atoms with E-state index in [1.807, 2.05) is 6.07 Å². The number of hydrogen-bond acceptors (Lipinski definition) is 4. The second-order valence-electron chi connectivity index (χ2n) is 4.69. The molecule has 0 aromatic heterocycles. The van der Waals surface area contributed by atoms with Gasteiger partial charge < -0.3 is 19.5 Å². The van der Waals surface area contributed by atoms with Crippen molar-refractivity contribution in [3.8, 4) is 5.75 Å². The number of carbonyl (C=O) groups is 2. The molecule has 1 heterocycles. The molecule has 1 aliphatic heterocycles. The number of aromatic carboxylic acids is 1. The Morgan fingerprint density at radius 1 is 1.19 bits per heavy atom. The highest BCUT2D eigenvalue weighted by molar-refractivity contribution is 6.15. The lowest BCUT2D eigenvalue weighted by Crippen LogP contribution is -2.28. The molecule has 0 bridgehead atoms. The summed E-state index contributed by atoms with van der Waals surface area (Å²) in [5.41, 5.74) is 1.41. The molecule has 1 amide bonds. The molecule has 0 aliphatic carbocycles. The van der Waals surface area contributed by atoms with Gasteiger partial charge in [-0.1, -0.05) is 30.3 Å². The minimum absolute atomic E-state index is 0.0742. The van der Waals surface area contributed by atoms with Crippen molar-refractivity contribution in [1.82, 2.24) is 0 Å². The van der Waals surface area contributed by atoms with Crippen LogP contribution in [0.1, 0.15) is 26.3 Å². The molecule has 21 heavy (non-hydrogen) atoms. The number of ether oxygens (including phenoxy) is 1. The van der Waals surface area contributed by atoms with Crippen LogP contribution in [0.25, 0.3) is 0 Å². The summed E-state index contributed by atoms with van der Waals surface area (Å²) in [6.07, 6.45) is 0. The number of methoxy groups -OCH3 is 1. The fraction of sp³-hybridized carbons (Fsp3) is 0.125. The largest absolute Gasteiger partial charge is 0.545 e. The van der Waals surface area contributed by atoms with Gasteiger partial charge in [-0.3, -0.25) is 4.79 Å². The van der Waals surface area contributed by atoms with E-state index in [9.17, 15) is 14.7 Å². The number of nitrogens with zero attached hydrogens (tertiary/aromatic N) is 1. The first-order valence-corrected chi connectivity index (χ1v) is 6.41. The van der Waals surface area contributed by atoms with E-state index in [1.165, 1.54) is 18.1 Å². The van der Waals surface area contributed by atoms with E-state index in [0.29, 0.717) is 23.5 Å². The molecule has 2 aromatic carbocycles. The fourth-order valence-electron chi connectivity index (χ4n) is 2.58. The van der Waals surface area contributed by atoms with E-state index < -0.39 is 5.97 Å². The molecular weight excluding hydrogens is 270 g/mol. The number of benzene rings is 2.